The van der Waals surface area contributed by atoms with E-state index in [4.69, 9.17) is 0 Å². The molecule has 0 aliphatic carbocycles. The van der Waals surface area contributed by atoms with Crippen LogP contribution in [0.3, 0.4) is 0 Å². The quantitative estimate of drug-likeness (QED) is 0.700. The SMILES string of the molecule is CCCCCNc1ccnc(CC)c1. The van der Waals surface area contributed by atoms with Crippen LogP contribution in [0.4, 0.5) is 5.69 Å². The molecule has 0 atom stereocenters. The molecule has 0 fully saturated rings. The monoisotopic (exact) mass is 192 g/mol. The van der Waals surface area contributed by atoms with Gasteiger partial charge in [0, 0.05) is 24.1 Å². The molecule has 1 N–H and O–H groups in total. The first-order chi connectivity index (χ1) is 6.86. The van der Waals surface area contributed by atoms with Crippen LogP contribution in [0.2, 0.25) is 0 Å². The lowest BCUT2D eigenvalue weighted by molar-refractivity contribution is 0.743. The molecule has 0 aromatic carbocycles. The topological polar surface area (TPSA) is 24.9 Å². The Kier molecular flexibility index (Phi) is 5.05. The molecule has 0 spiro atoms. The summed E-state index contributed by atoms with van der Waals surface area (Å²) in [5.74, 6) is 0. The minimum atomic E-state index is 1.00. The van der Waals surface area contributed by atoms with Crippen molar-refractivity contribution in [2.75, 3.05) is 11.9 Å². The molecule has 2 heteroatoms. The second-order valence-corrected chi connectivity index (χ2v) is 3.52. The van der Waals surface area contributed by atoms with Crippen LogP contribution in [0, 0.1) is 0 Å². The highest BCUT2D eigenvalue weighted by Crippen LogP contribution is 2.08. The minimum absolute atomic E-state index is 1.00. The molecule has 0 radical (unpaired) electrons. The largest absolute Gasteiger partial charge is 0.385 e. The van der Waals surface area contributed by atoms with Crippen molar-refractivity contribution in [3.63, 3.8) is 0 Å². The van der Waals surface area contributed by atoms with Crippen molar-refractivity contribution in [1.82, 2.24) is 4.98 Å². The number of rotatable bonds is 6. The Hall–Kier alpha value is -1.05. The number of unbranched alkanes of at least 4 members (excludes halogenated alkanes) is 2. The van der Waals surface area contributed by atoms with Gasteiger partial charge in [0.25, 0.3) is 0 Å². The van der Waals surface area contributed by atoms with Crippen molar-refractivity contribution in [1.29, 1.82) is 0 Å². The van der Waals surface area contributed by atoms with Gasteiger partial charge in [-0.15, -0.1) is 0 Å². The van der Waals surface area contributed by atoms with Gasteiger partial charge >= 0.3 is 0 Å². The Morgan fingerprint density at radius 2 is 2.14 bits per heavy atom. The fourth-order valence-corrected chi connectivity index (χ4v) is 1.39. The third kappa shape index (κ3) is 3.77. The standard InChI is InChI=1S/C12H20N2/c1-3-5-6-8-13-12-7-9-14-11(4-2)10-12/h7,9-10H,3-6,8H2,1-2H3,(H,13,14). The van der Waals surface area contributed by atoms with Crippen LogP contribution in [0.1, 0.15) is 38.8 Å². The number of hydrogen-bond donors (Lipinski definition) is 1. The van der Waals surface area contributed by atoms with E-state index in [-0.39, 0.29) is 0 Å². The molecule has 0 unspecified atom stereocenters. The van der Waals surface area contributed by atoms with E-state index in [9.17, 15) is 0 Å². The highest BCUT2D eigenvalue weighted by atomic mass is 14.9. The first kappa shape index (κ1) is 11.0. The molecule has 1 heterocycles. The number of hydrogen-bond acceptors (Lipinski definition) is 2. The summed E-state index contributed by atoms with van der Waals surface area (Å²) in [6.45, 7) is 5.42. The molecule has 0 aliphatic rings. The second kappa shape index (κ2) is 6.41. The van der Waals surface area contributed by atoms with Gasteiger partial charge < -0.3 is 5.32 Å². The van der Waals surface area contributed by atoms with Crippen molar-refractivity contribution in [3.8, 4) is 0 Å². The van der Waals surface area contributed by atoms with Crippen LogP contribution >= 0.6 is 0 Å². The van der Waals surface area contributed by atoms with Crippen LogP contribution in [0.5, 0.6) is 0 Å². The summed E-state index contributed by atoms with van der Waals surface area (Å²) in [4.78, 5) is 4.26. The van der Waals surface area contributed by atoms with Crippen molar-refractivity contribution in [2.45, 2.75) is 39.5 Å². The zero-order valence-corrected chi connectivity index (χ0v) is 9.21. The molecule has 0 bridgehead atoms. The van der Waals surface area contributed by atoms with Gasteiger partial charge in [0.15, 0.2) is 0 Å². The molecule has 1 aromatic rings. The zero-order chi connectivity index (χ0) is 10.2. The van der Waals surface area contributed by atoms with Gasteiger partial charge in [0.1, 0.15) is 0 Å². The lowest BCUT2D eigenvalue weighted by Gasteiger charge is -2.06. The van der Waals surface area contributed by atoms with Gasteiger partial charge in [0.2, 0.25) is 0 Å². The predicted octanol–water partition coefficient (Wildman–Crippen LogP) is 3.25. The molecule has 1 rings (SSSR count). The lowest BCUT2D eigenvalue weighted by Crippen LogP contribution is -2.02. The average molecular weight is 192 g/mol. The van der Waals surface area contributed by atoms with Crippen LogP contribution in [-0.2, 0) is 6.42 Å². The molecular weight excluding hydrogens is 172 g/mol. The van der Waals surface area contributed by atoms with Gasteiger partial charge in [-0.2, -0.15) is 0 Å². The van der Waals surface area contributed by atoms with E-state index in [0.717, 1.165) is 18.7 Å². The van der Waals surface area contributed by atoms with Gasteiger partial charge in [-0.1, -0.05) is 26.7 Å². The summed E-state index contributed by atoms with van der Waals surface area (Å²) in [7, 11) is 0. The van der Waals surface area contributed by atoms with Crippen LogP contribution in [0.25, 0.3) is 0 Å². The molecule has 0 aliphatic heterocycles. The summed E-state index contributed by atoms with van der Waals surface area (Å²) < 4.78 is 0. The fraction of sp³-hybridized carbons (Fsp3) is 0.583. The molecule has 0 amide bonds. The second-order valence-electron chi connectivity index (χ2n) is 3.52. The Morgan fingerprint density at radius 1 is 1.29 bits per heavy atom. The third-order valence-electron chi connectivity index (χ3n) is 2.29. The third-order valence-corrected chi connectivity index (χ3v) is 2.29. The van der Waals surface area contributed by atoms with Gasteiger partial charge in [-0.3, -0.25) is 4.98 Å². The Balaban J connectivity index is 2.34. The van der Waals surface area contributed by atoms with E-state index in [2.05, 4.69) is 30.2 Å². The van der Waals surface area contributed by atoms with Crippen LogP contribution < -0.4 is 5.32 Å². The first-order valence-electron chi connectivity index (χ1n) is 5.55. The molecule has 0 saturated carbocycles. The maximum Gasteiger partial charge on any atom is 0.0421 e. The summed E-state index contributed by atoms with van der Waals surface area (Å²) in [6, 6.07) is 4.16. The summed E-state index contributed by atoms with van der Waals surface area (Å²) in [6.07, 6.45) is 6.71. The fourth-order valence-electron chi connectivity index (χ4n) is 1.39. The van der Waals surface area contributed by atoms with Crippen molar-refractivity contribution >= 4 is 5.69 Å². The normalized spacial score (nSPS) is 10.1. The van der Waals surface area contributed by atoms with E-state index in [1.807, 2.05) is 12.3 Å². The van der Waals surface area contributed by atoms with E-state index in [0.29, 0.717) is 0 Å². The van der Waals surface area contributed by atoms with Crippen molar-refractivity contribution in [3.05, 3.63) is 24.0 Å². The van der Waals surface area contributed by atoms with Gasteiger partial charge in [-0.05, 0) is 25.0 Å². The zero-order valence-electron chi connectivity index (χ0n) is 9.21. The van der Waals surface area contributed by atoms with Crippen LogP contribution in [-0.4, -0.2) is 11.5 Å². The highest BCUT2D eigenvalue weighted by Gasteiger charge is 1.94. The number of anilines is 1. The average Bonchev–Trinajstić information content (AvgIpc) is 2.25. The summed E-state index contributed by atoms with van der Waals surface area (Å²) in [5, 5.41) is 3.41. The smallest absolute Gasteiger partial charge is 0.0421 e. The minimum Gasteiger partial charge on any atom is -0.385 e. The molecular formula is C12H20N2. The Morgan fingerprint density at radius 3 is 2.86 bits per heavy atom. The van der Waals surface area contributed by atoms with E-state index in [1.54, 1.807) is 0 Å². The van der Waals surface area contributed by atoms with Gasteiger partial charge in [-0.25, -0.2) is 0 Å². The maximum atomic E-state index is 4.26. The lowest BCUT2D eigenvalue weighted by atomic mass is 10.2. The maximum absolute atomic E-state index is 4.26. The number of pyridine rings is 1. The van der Waals surface area contributed by atoms with Crippen LogP contribution in [0.15, 0.2) is 18.3 Å². The van der Waals surface area contributed by atoms with Gasteiger partial charge in [0.05, 0.1) is 0 Å². The Labute approximate surface area is 86.8 Å². The number of nitrogens with one attached hydrogen (secondary N) is 1. The molecule has 2 nitrogen and oxygen atoms in total. The molecule has 14 heavy (non-hydrogen) atoms. The first-order valence-corrected chi connectivity index (χ1v) is 5.55. The van der Waals surface area contributed by atoms with E-state index in [1.165, 1.54) is 24.9 Å². The van der Waals surface area contributed by atoms with E-state index >= 15 is 0 Å². The number of nitrogens with zero attached hydrogens (tertiary/aromatic N) is 1. The molecule has 1 aromatic heterocycles. The van der Waals surface area contributed by atoms with E-state index < -0.39 is 0 Å². The Bertz CT molecular complexity index is 258. The molecule has 78 valence electrons. The van der Waals surface area contributed by atoms with Crippen molar-refractivity contribution in [2.24, 2.45) is 0 Å². The number of aromatic nitrogens is 1. The van der Waals surface area contributed by atoms with Crippen molar-refractivity contribution < 1.29 is 0 Å². The summed E-state index contributed by atoms with van der Waals surface area (Å²) >= 11 is 0. The predicted molar refractivity (Wildman–Crippen MR) is 61.6 cm³/mol. The number of aryl methyl sites for hydroxylation is 1. The highest BCUT2D eigenvalue weighted by molar-refractivity contribution is 5.42. The summed E-state index contributed by atoms with van der Waals surface area (Å²) in [5.41, 5.74) is 2.36. The molecule has 0 saturated heterocycles.